The minimum atomic E-state index is 0.0282. The zero-order valence-corrected chi connectivity index (χ0v) is 18.0. The normalized spacial score (nSPS) is 12.6. The van der Waals surface area contributed by atoms with Crippen LogP contribution in [-0.4, -0.2) is 48.0 Å². The topological polar surface area (TPSA) is 57.8 Å². The fraction of sp³-hybridized carbons (Fsp3) is 0.333. The largest absolute Gasteiger partial charge is 0.348 e. The molecule has 152 valence electrons. The molecule has 1 heterocycles. The van der Waals surface area contributed by atoms with Crippen LogP contribution >= 0.6 is 0 Å². The summed E-state index contributed by atoms with van der Waals surface area (Å²) in [7, 11) is 6.27. The van der Waals surface area contributed by atoms with Crippen LogP contribution in [0.15, 0.2) is 55.0 Å². The van der Waals surface area contributed by atoms with Gasteiger partial charge in [-0.1, -0.05) is 30.3 Å². The van der Waals surface area contributed by atoms with Gasteiger partial charge in [-0.25, -0.2) is 4.98 Å². The van der Waals surface area contributed by atoms with Crippen molar-refractivity contribution in [3.05, 3.63) is 82.9 Å². The molecule has 29 heavy (non-hydrogen) atoms. The molecule has 0 radical (unpaired) electrons. The molecule has 1 aromatic heterocycles. The molecule has 0 bridgehead atoms. The van der Waals surface area contributed by atoms with Crippen molar-refractivity contribution < 1.29 is 9.28 Å². The van der Waals surface area contributed by atoms with Gasteiger partial charge in [0.05, 0.1) is 46.4 Å². The fourth-order valence-electron chi connectivity index (χ4n) is 3.49. The van der Waals surface area contributed by atoms with E-state index in [4.69, 9.17) is 0 Å². The van der Waals surface area contributed by atoms with Crippen molar-refractivity contribution in [2.75, 3.05) is 33.0 Å². The molecule has 3 aromatic rings. The van der Waals surface area contributed by atoms with E-state index in [2.05, 4.69) is 80.6 Å². The number of aromatic amines is 1. The molecule has 1 atom stereocenters. The maximum atomic E-state index is 12.4. The standard InChI is InChI=1S/C24H30N4O/c1-17-8-6-11-21(18(17)2)24(22-15-25-16-26-22)19-9-7-10-20(14-19)27-23(29)12-13-28(3,4)5/h6-11,14-16,24H,12-13H2,1-5H3,(H-,25,26,27,29)/p+1. The molecule has 0 fully saturated rings. The lowest BCUT2D eigenvalue weighted by Gasteiger charge is -2.23. The number of aromatic nitrogens is 2. The Balaban J connectivity index is 1.91. The number of anilines is 1. The third kappa shape index (κ3) is 5.33. The van der Waals surface area contributed by atoms with Crippen LogP contribution in [0.5, 0.6) is 0 Å². The number of hydrogen-bond donors (Lipinski definition) is 2. The molecule has 0 aliphatic heterocycles. The van der Waals surface area contributed by atoms with E-state index >= 15 is 0 Å². The third-order valence-electron chi connectivity index (χ3n) is 5.30. The van der Waals surface area contributed by atoms with Crippen LogP contribution in [0.2, 0.25) is 0 Å². The summed E-state index contributed by atoms with van der Waals surface area (Å²) in [6.45, 7) is 5.09. The van der Waals surface area contributed by atoms with E-state index in [1.807, 2.05) is 18.3 Å². The predicted octanol–water partition coefficient (Wildman–Crippen LogP) is 4.24. The SMILES string of the molecule is Cc1cccc(C(c2cccc(NC(=O)CC[N+](C)(C)C)c2)c2cnc[nH]2)c1C. The average Bonchev–Trinajstić information content (AvgIpc) is 3.18. The van der Waals surface area contributed by atoms with Crippen LogP contribution < -0.4 is 5.32 Å². The molecule has 5 heteroatoms. The predicted molar refractivity (Wildman–Crippen MR) is 118 cm³/mol. The second-order valence-corrected chi connectivity index (χ2v) is 8.67. The number of imidazole rings is 1. The molecule has 2 aromatic carbocycles. The molecule has 3 rings (SSSR count). The summed E-state index contributed by atoms with van der Waals surface area (Å²) in [6, 6.07) is 14.5. The lowest BCUT2D eigenvalue weighted by atomic mass is 9.85. The van der Waals surface area contributed by atoms with Crippen molar-refractivity contribution in [1.29, 1.82) is 0 Å². The van der Waals surface area contributed by atoms with Crippen molar-refractivity contribution in [3.63, 3.8) is 0 Å². The first-order valence-electron chi connectivity index (χ1n) is 9.99. The Morgan fingerprint density at radius 1 is 1.14 bits per heavy atom. The Bertz CT molecular complexity index is 971. The average molecular weight is 392 g/mol. The molecule has 5 nitrogen and oxygen atoms in total. The van der Waals surface area contributed by atoms with Gasteiger partial charge in [-0.15, -0.1) is 0 Å². The highest BCUT2D eigenvalue weighted by molar-refractivity contribution is 5.90. The van der Waals surface area contributed by atoms with E-state index in [9.17, 15) is 4.79 Å². The zero-order valence-electron chi connectivity index (χ0n) is 18.0. The summed E-state index contributed by atoms with van der Waals surface area (Å²) in [5.41, 5.74) is 6.74. The minimum absolute atomic E-state index is 0.0282. The number of quaternary nitrogens is 1. The number of rotatable bonds is 7. The Kier molecular flexibility index (Phi) is 6.18. The highest BCUT2D eigenvalue weighted by Crippen LogP contribution is 2.34. The number of H-pyrrole nitrogens is 1. The number of aryl methyl sites for hydroxylation is 1. The van der Waals surface area contributed by atoms with E-state index in [0.29, 0.717) is 6.42 Å². The number of carbonyl (C=O) groups excluding carboxylic acids is 1. The summed E-state index contributed by atoms with van der Waals surface area (Å²) in [5, 5.41) is 3.06. The molecule has 0 aliphatic rings. The Morgan fingerprint density at radius 2 is 1.90 bits per heavy atom. The van der Waals surface area contributed by atoms with E-state index in [1.54, 1.807) is 6.33 Å². The van der Waals surface area contributed by atoms with Gasteiger partial charge in [0, 0.05) is 17.6 Å². The highest BCUT2D eigenvalue weighted by atomic mass is 16.1. The van der Waals surface area contributed by atoms with Crippen LogP contribution in [-0.2, 0) is 4.79 Å². The number of benzene rings is 2. The minimum Gasteiger partial charge on any atom is -0.348 e. The third-order valence-corrected chi connectivity index (χ3v) is 5.30. The van der Waals surface area contributed by atoms with E-state index in [1.165, 1.54) is 16.7 Å². The number of hydrogen-bond acceptors (Lipinski definition) is 2. The summed E-state index contributed by atoms with van der Waals surface area (Å²) in [6.07, 6.45) is 4.08. The van der Waals surface area contributed by atoms with E-state index in [0.717, 1.165) is 28.0 Å². The summed E-state index contributed by atoms with van der Waals surface area (Å²) in [4.78, 5) is 19.9. The molecule has 0 aliphatic carbocycles. The summed E-state index contributed by atoms with van der Waals surface area (Å²) >= 11 is 0. The lowest BCUT2D eigenvalue weighted by Crippen LogP contribution is -2.37. The second kappa shape index (κ2) is 8.62. The molecule has 0 saturated carbocycles. The van der Waals surface area contributed by atoms with Gasteiger partial charge in [-0.05, 0) is 48.2 Å². The van der Waals surface area contributed by atoms with Gasteiger partial charge >= 0.3 is 0 Å². The first-order valence-corrected chi connectivity index (χ1v) is 9.99. The van der Waals surface area contributed by atoms with Crippen LogP contribution in [0.4, 0.5) is 5.69 Å². The molecule has 0 spiro atoms. The lowest BCUT2D eigenvalue weighted by molar-refractivity contribution is -0.869. The number of nitrogens with one attached hydrogen (secondary N) is 2. The van der Waals surface area contributed by atoms with Gasteiger partial charge in [0.15, 0.2) is 0 Å². The van der Waals surface area contributed by atoms with Gasteiger partial charge in [-0.2, -0.15) is 0 Å². The molecular formula is C24H31N4O+. The van der Waals surface area contributed by atoms with E-state index in [-0.39, 0.29) is 11.8 Å². The Labute approximate surface area is 173 Å². The van der Waals surface area contributed by atoms with Crippen molar-refractivity contribution in [3.8, 4) is 0 Å². The Morgan fingerprint density at radius 3 is 2.59 bits per heavy atom. The molecular weight excluding hydrogens is 360 g/mol. The summed E-state index contributed by atoms with van der Waals surface area (Å²) in [5.74, 6) is 0.0699. The smallest absolute Gasteiger partial charge is 0.230 e. The monoisotopic (exact) mass is 391 g/mol. The van der Waals surface area contributed by atoms with Crippen molar-refractivity contribution in [2.24, 2.45) is 0 Å². The van der Waals surface area contributed by atoms with E-state index < -0.39 is 0 Å². The number of amides is 1. The van der Waals surface area contributed by atoms with Crippen LogP contribution in [0.1, 0.15) is 40.3 Å². The molecule has 0 saturated heterocycles. The number of carbonyl (C=O) groups is 1. The zero-order chi connectivity index (χ0) is 21.0. The molecule has 2 N–H and O–H groups in total. The van der Waals surface area contributed by atoms with Gasteiger partial charge in [-0.3, -0.25) is 4.79 Å². The first kappa shape index (κ1) is 20.8. The maximum absolute atomic E-state index is 12.4. The van der Waals surface area contributed by atoms with Crippen molar-refractivity contribution in [2.45, 2.75) is 26.2 Å². The van der Waals surface area contributed by atoms with Crippen molar-refractivity contribution in [1.82, 2.24) is 9.97 Å². The van der Waals surface area contributed by atoms with Crippen LogP contribution in [0, 0.1) is 13.8 Å². The molecule has 1 unspecified atom stereocenters. The van der Waals surface area contributed by atoms with Gasteiger partial charge in [0.1, 0.15) is 0 Å². The van der Waals surface area contributed by atoms with Crippen LogP contribution in [0.3, 0.4) is 0 Å². The van der Waals surface area contributed by atoms with Gasteiger partial charge in [0.25, 0.3) is 0 Å². The van der Waals surface area contributed by atoms with Crippen molar-refractivity contribution >= 4 is 11.6 Å². The fourth-order valence-corrected chi connectivity index (χ4v) is 3.49. The molecule has 1 amide bonds. The summed E-state index contributed by atoms with van der Waals surface area (Å²) < 4.78 is 0.766. The quantitative estimate of drug-likeness (QED) is 0.592. The van der Waals surface area contributed by atoms with Gasteiger partial charge < -0.3 is 14.8 Å². The second-order valence-electron chi connectivity index (χ2n) is 8.67. The maximum Gasteiger partial charge on any atom is 0.230 e. The van der Waals surface area contributed by atoms with Gasteiger partial charge in [0.2, 0.25) is 5.91 Å². The number of nitrogens with zero attached hydrogens (tertiary/aromatic N) is 2. The Hall–Kier alpha value is -2.92. The highest BCUT2D eigenvalue weighted by Gasteiger charge is 2.21. The first-order chi connectivity index (χ1) is 13.7. The van der Waals surface area contributed by atoms with Crippen LogP contribution in [0.25, 0.3) is 0 Å².